The number of nitro benzene ring substituents is 1. The zero-order chi connectivity index (χ0) is 11.7. The van der Waals surface area contributed by atoms with E-state index in [0.717, 1.165) is 0 Å². The molecule has 1 fully saturated rings. The first kappa shape index (κ1) is 11.0. The van der Waals surface area contributed by atoms with Crippen molar-refractivity contribution in [3.63, 3.8) is 0 Å². The summed E-state index contributed by atoms with van der Waals surface area (Å²) in [6, 6.07) is 6.33. The molecule has 2 unspecified atom stereocenters. The Balaban J connectivity index is 2.21. The van der Waals surface area contributed by atoms with Crippen molar-refractivity contribution in [2.75, 3.05) is 0 Å². The minimum Gasteiger partial charge on any atom is -0.343 e. The van der Waals surface area contributed by atoms with E-state index in [2.05, 4.69) is 0 Å². The fourth-order valence-electron chi connectivity index (χ4n) is 1.59. The van der Waals surface area contributed by atoms with E-state index in [9.17, 15) is 10.1 Å². The zero-order valence-electron chi connectivity index (χ0n) is 9.12. The maximum absolute atomic E-state index is 10.6. The van der Waals surface area contributed by atoms with Crippen molar-refractivity contribution in [3.8, 4) is 0 Å². The Morgan fingerprint density at radius 3 is 2.44 bits per heavy atom. The highest BCUT2D eigenvalue weighted by molar-refractivity contribution is 5.35. The molecule has 86 valence electrons. The van der Waals surface area contributed by atoms with Gasteiger partial charge in [0.15, 0.2) is 6.29 Å². The molecule has 0 aliphatic carbocycles. The lowest BCUT2D eigenvalue weighted by atomic mass is 10.2. The van der Waals surface area contributed by atoms with E-state index in [0.29, 0.717) is 5.56 Å². The van der Waals surface area contributed by atoms with Crippen LogP contribution in [0.15, 0.2) is 24.3 Å². The number of nitro groups is 1. The van der Waals surface area contributed by atoms with Gasteiger partial charge in [-0.1, -0.05) is 12.1 Å². The highest BCUT2D eigenvalue weighted by Gasteiger charge is 2.31. The zero-order valence-corrected chi connectivity index (χ0v) is 9.12. The normalized spacial score (nSPS) is 29.2. The smallest absolute Gasteiger partial charge is 0.269 e. The first-order chi connectivity index (χ1) is 7.58. The van der Waals surface area contributed by atoms with Gasteiger partial charge in [-0.2, -0.15) is 0 Å². The van der Waals surface area contributed by atoms with Crippen LogP contribution in [0.5, 0.6) is 0 Å². The molecule has 2 rings (SSSR count). The molecular formula is C11H13NO4. The van der Waals surface area contributed by atoms with E-state index in [1.54, 1.807) is 12.1 Å². The molecule has 0 spiro atoms. The highest BCUT2D eigenvalue weighted by Crippen LogP contribution is 2.32. The van der Waals surface area contributed by atoms with Gasteiger partial charge in [0.25, 0.3) is 5.69 Å². The second-order valence-corrected chi connectivity index (χ2v) is 3.87. The molecule has 5 heteroatoms. The molecule has 2 atom stereocenters. The third-order valence-corrected chi connectivity index (χ3v) is 2.69. The monoisotopic (exact) mass is 223 g/mol. The number of benzene rings is 1. The molecule has 1 aromatic rings. The molecule has 5 nitrogen and oxygen atoms in total. The summed E-state index contributed by atoms with van der Waals surface area (Å²) in [5.41, 5.74) is 0.738. The second-order valence-electron chi connectivity index (χ2n) is 3.87. The average Bonchev–Trinajstić information content (AvgIpc) is 2.59. The molecular weight excluding hydrogens is 210 g/mol. The van der Waals surface area contributed by atoms with E-state index >= 15 is 0 Å². The van der Waals surface area contributed by atoms with Gasteiger partial charge >= 0.3 is 0 Å². The summed E-state index contributed by atoms with van der Waals surface area (Å²) < 4.78 is 11.1. The summed E-state index contributed by atoms with van der Waals surface area (Å²) in [6.07, 6.45) is -0.488. The lowest BCUT2D eigenvalue weighted by molar-refractivity contribution is -0.385. The number of ether oxygens (including phenoxy) is 2. The first-order valence-electron chi connectivity index (χ1n) is 5.13. The Kier molecular flexibility index (Phi) is 2.89. The topological polar surface area (TPSA) is 61.6 Å². The minimum atomic E-state index is -0.495. The average molecular weight is 223 g/mol. The van der Waals surface area contributed by atoms with Crippen molar-refractivity contribution in [3.05, 3.63) is 39.9 Å². The Bertz CT molecular complexity index is 397. The predicted molar refractivity (Wildman–Crippen MR) is 56.9 cm³/mol. The molecule has 1 aliphatic rings. The Hall–Kier alpha value is -1.46. The molecule has 0 radical (unpaired) electrons. The summed E-state index contributed by atoms with van der Waals surface area (Å²) in [5.74, 6) is 0. The van der Waals surface area contributed by atoms with Crippen LogP contribution >= 0.6 is 0 Å². The van der Waals surface area contributed by atoms with Crippen molar-refractivity contribution in [1.29, 1.82) is 0 Å². The van der Waals surface area contributed by atoms with E-state index in [-0.39, 0.29) is 17.9 Å². The predicted octanol–water partition coefficient (Wildman–Crippen LogP) is 2.42. The van der Waals surface area contributed by atoms with Crippen molar-refractivity contribution in [1.82, 2.24) is 0 Å². The standard InChI is InChI=1S/C11H13NO4/c1-7-8(2)16-11(15-7)9-4-3-5-10(6-9)12(13)14/h3-8,11H,1-2H3. The van der Waals surface area contributed by atoms with Crippen LogP contribution < -0.4 is 0 Å². The van der Waals surface area contributed by atoms with Crippen molar-refractivity contribution in [2.45, 2.75) is 32.3 Å². The molecule has 0 bridgehead atoms. The molecule has 0 N–H and O–H groups in total. The Labute approximate surface area is 93.1 Å². The van der Waals surface area contributed by atoms with Gasteiger partial charge in [-0.05, 0) is 13.8 Å². The Morgan fingerprint density at radius 1 is 1.25 bits per heavy atom. The fraction of sp³-hybridized carbons (Fsp3) is 0.455. The molecule has 1 aromatic carbocycles. The van der Waals surface area contributed by atoms with E-state index in [1.807, 2.05) is 13.8 Å². The van der Waals surface area contributed by atoms with Crippen LogP contribution in [0.1, 0.15) is 25.7 Å². The summed E-state index contributed by atoms with van der Waals surface area (Å²) in [4.78, 5) is 10.2. The molecule has 16 heavy (non-hydrogen) atoms. The number of rotatable bonds is 2. The summed E-state index contributed by atoms with van der Waals surface area (Å²) in [5, 5.41) is 10.6. The fourth-order valence-corrected chi connectivity index (χ4v) is 1.59. The van der Waals surface area contributed by atoms with Crippen molar-refractivity contribution >= 4 is 5.69 Å². The van der Waals surface area contributed by atoms with Gasteiger partial charge in [-0.15, -0.1) is 0 Å². The minimum absolute atomic E-state index is 0.00395. The van der Waals surface area contributed by atoms with Crippen LogP contribution in [0.4, 0.5) is 5.69 Å². The van der Waals surface area contributed by atoms with E-state index in [1.165, 1.54) is 12.1 Å². The van der Waals surface area contributed by atoms with Crippen molar-refractivity contribution < 1.29 is 14.4 Å². The van der Waals surface area contributed by atoms with Gasteiger partial charge in [0, 0.05) is 17.7 Å². The molecule has 1 heterocycles. The van der Waals surface area contributed by atoms with Gasteiger partial charge in [-0.3, -0.25) is 10.1 Å². The third-order valence-electron chi connectivity index (χ3n) is 2.69. The van der Waals surface area contributed by atoms with Crippen LogP contribution in [-0.4, -0.2) is 17.1 Å². The number of nitrogens with zero attached hydrogens (tertiary/aromatic N) is 1. The lowest BCUT2D eigenvalue weighted by Gasteiger charge is -2.09. The summed E-state index contributed by atoms with van der Waals surface area (Å²) in [7, 11) is 0. The van der Waals surface area contributed by atoms with Crippen LogP contribution in [0.25, 0.3) is 0 Å². The quantitative estimate of drug-likeness (QED) is 0.570. The Morgan fingerprint density at radius 2 is 1.88 bits per heavy atom. The second kappa shape index (κ2) is 4.19. The first-order valence-corrected chi connectivity index (χ1v) is 5.13. The summed E-state index contributed by atoms with van der Waals surface area (Å²) in [6.45, 7) is 3.84. The largest absolute Gasteiger partial charge is 0.343 e. The van der Waals surface area contributed by atoms with Crippen LogP contribution in [-0.2, 0) is 9.47 Å². The van der Waals surface area contributed by atoms with Crippen LogP contribution in [0.2, 0.25) is 0 Å². The van der Waals surface area contributed by atoms with Gasteiger partial charge in [0.05, 0.1) is 17.1 Å². The van der Waals surface area contributed by atoms with Crippen molar-refractivity contribution in [2.24, 2.45) is 0 Å². The summed E-state index contributed by atoms with van der Waals surface area (Å²) >= 11 is 0. The number of hydrogen-bond donors (Lipinski definition) is 0. The molecule has 0 aromatic heterocycles. The van der Waals surface area contributed by atoms with E-state index < -0.39 is 11.2 Å². The van der Waals surface area contributed by atoms with Crippen LogP contribution in [0, 0.1) is 10.1 Å². The highest BCUT2D eigenvalue weighted by atomic mass is 16.7. The molecule has 0 amide bonds. The van der Waals surface area contributed by atoms with Crippen LogP contribution in [0.3, 0.4) is 0 Å². The van der Waals surface area contributed by atoms with Gasteiger partial charge in [-0.25, -0.2) is 0 Å². The maximum atomic E-state index is 10.6. The number of hydrogen-bond acceptors (Lipinski definition) is 4. The third kappa shape index (κ3) is 2.05. The SMILES string of the molecule is CC1OC(c2cccc([N+](=O)[O-])c2)OC1C. The molecule has 1 saturated heterocycles. The van der Waals surface area contributed by atoms with Gasteiger partial charge in [0.2, 0.25) is 0 Å². The molecule has 1 aliphatic heterocycles. The maximum Gasteiger partial charge on any atom is 0.269 e. The lowest BCUT2D eigenvalue weighted by Crippen LogP contribution is -2.13. The van der Waals surface area contributed by atoms with E-state index in [4.69, 9.17) is 9.47 Å². The number of non-ortho nitro benzene ring substituents is 1. The van der Waals surface area contributed by atoms with Gasteiger partial charge in [0.1, 0.15) is 0 Å². The molecule has 0 saturated carbocycles. The van der Waals surface area contributed by atoms with Gasteiger partial charge < -0.3 is 9.47 Å².